The van der Waals surface area contributed by atoms with E-state index in [2.05, 4.69) is 9.97 Å². The Labute approximate surface area is 146 Å². The number of aromatic nitrogens is 2. The van der Waals surface area contributed by atoms with Gasteiger partial charge in [-0.15, -0.1) is 0 Å². The van der Waals surface area contributed by atoms with E-state index < -0.39 is 10.0 Å². The third kappa shape index (κ3) is 2.69. The fraction of sp³-hybridized carbons (Fsp3) is 0.375. The fourth-order valence-electron chi connectivity index (χ4n) is 3.21. The monoisotopic (exact) mass is 361 g/mol. The minimum absolute atomic E-state index is 0.197. The minimum Gasteiger partial charge on any atom is -0.490 e. The molecule has 25 heavy (non-hydrogen) atoms. The molecule has 8 nitrogen and oxygen atoms in total. The number of rotatable bonds is 2. The van der Waals surface area contributed by atoms with Crippen molar-refractivity contribution in [1.82, 2.24) is 14.3 Å². The normalized spacial score (nSPS) is 17.6. The van der Waals surface area contributed by atoms with Crippen LogP contribution in [0.2, 0.25) is 0 Å². The van der Waals surface area contributed by atoms with Gasteiger partial charge < -0.3 is 15.4 Å². The summed E-state index contributed by atoms with van der Waals surface area (Å²) in [4.78, 5) is 10.4. The molecule has 2 N–H and O–H groups in total. The topological polar surface area (TPSA) is 102 Å². The maximum absolute atomic E-state index is 13.0. The summed E-state index contributed by atoms with van der Waals surface area (Å²) in [5.74, 6) is 1.02. The number of hydrogen-bond acceptors (Lipinski definition) is 7. The standard InChI is InChI=1S/C16H19N5O3S/c1-20-6-7-24-15-8-11(2-3-14(15)20)25(22,23)21-5-4-12-13(9-21)18-10-19-16(12)17/h2-3,8,10H,4-7,9H2,1H3,(H2,17,18,19). The highest BCUT2D eigenvalue weighted by Crippen LogP contribution is 2.34. The minimum atomic E-state index is -3.63. The molecule has 0 aliphatic carbocycles. The van der Waals surface area contributed by atoms with Crippen LogP contribution in [0.4, 0.5) is 11.5 Å². The molecular formula is C16H19N5O3S. The van der Waals surface area contributed by atoms with Crippen molar-refractivity contribution in [3.8, 4) is 5.75 Å². The maximum atomic E-state index is 13.0. The van der Waals surface area contributed by atoms with Crippen LogP contribution in [0.15, 0.2) is 29.4 Å². The van der Waals surface area contributed by atoms with Gasteiger partial charge in [0.2, 0.25) is 10.0 Å². The Morgan fingerprint density at radius 1 is 1.24 bits per heavy atom. The number of sulfonamides is 1. The van der Waals surface area contributed by atoms with Gasteiger partial charge in [-0.25, -0.2) is 18.4 Å². The SMILES string of the molecule is CN1CCOc2cc(S(=O)(=O)N3CCc4c(N)ncnc4C3)ccc21. The lowest BCUT2D eigenvalue weighted by Gasteiger charge is -2.30. The van der Waals surface area contributed by atoms with E-state index in [1.54, 1.807) is 18.2 Å². The Hall–Kier alpha value is -2.39. The first-order chi connectivity index (χ1) is 12.0. The molecule has 2 aliphatic rings. The van der Waals surface area contributed by atoms with Crippen LogP contribution in [0.5, 0.6) is 5.75 Å². The average Bonchev–Trinajstić information content (AvgIpc) is 2.61. The van der Waals surface area contributed by atoms with Crippen LogP contribution in [0.25, 0.3) is 0 Å². The van der Waals surface area contributed by atoms with Crippen molar-refractivity contribution in [2.75, 3.05) is 37.4 Å². The van der Waals surface area contributed by atoms with Gasteiger partial charge in [-0.3, -0.25) is 0 Å². The molecule has 3 heterocycles. The van der Waals surface area contributed by atoms with Crippen LogP contribution < -0.4 is 15.4 Å². The zero-order valence-corrected chi connectivity index (χ0v) is 14.7. The van der Waals surface area contributed by atoms with Crippen LogP contribution in [-0.4, -0.2) is 49.4 Å². The summed E-state index contributed by atoms with van der Waals surface area (Å²) in [5.41, 5.74) is 8.25. The number of likely N-dealkylation sites (N-methyl/N-ethyl adjacent to an activating group) is 1. The Kier molecular flexibility index (Phi) is 3.77. The van der Waals surface area contributed by atoms with E-state index >= 15 is 0 Å². The average molecular weight is 361 g/mol. The van der Waals surface area contributed by atoms with E-state index in [0.717, 1.165) is 17.8 Å². The number of ether oxygens (including phenoxy) is 1. The van der Waals surface area contributed by atoms with Crippen molar-refractivity contribution in [2.24, 2.45) is 0 Å². The van der Waals surface area contributed by atoms with Crippen molar-refractivity contribution in [3.05, 3.63) is 35.8 Å². The van der Waals surface area contributed by atoms with Gasteiger partial charge in [0.1, 0.15) is 24.5 Å². The van der Waals surface area contributed by atoms with Gasteiger partial charge in [-0.2, -0.15) is 4.31 Å². The predicted octanol–water partition coefficient (Wildman–Crippen LogP) is 0.634. The van der Waals surface area contributed by atoms with E-state index in [9.17, 15) is 8.42 Å². The predicted molar refractivity (Wildman–Crippen MR) is 93.0 cm³/mol. The smallest absolute Gasteiger partial charge is 0.243 e. The highest BCUT2D eigenvalue weighted by atomic mass is 32.2. The molecule has 0 spiro atoms. The number of fused-ring (bicyclic) bond motifs is 2. The van der Waals surface area contributed by atoms with Crippen molar-refractivity contribution in [2.45, 2.75) is 17.9 Å². The second-order valence-electron chi connectivity index (χ2n) is 6.17. The van der Waals surface area contributed by atoms with Gasteiger partial charge in [0.05, 0.1) is 29.4 Å². The first-order valence-corrected chi connectivity index (χ1v) is 9.47. The summed E-state index contributed by atoms with van der Waals surface area (Å²) >= 11 is 0. The van der Waals surface area contributed by atoms with Crippen LogP contribution in [0, 0.1) is 0 Å². The van der Waals surface area contributed by atoms with E-state index in [1.165, 1.54) is 10.6 Å². The van der Waals surface area contributed by atoms with Gasteiger partial charge in [0.25, 0.3) is 0 Å². The molecule has 1 aromatic heterocycles. The molecule has 132 valence electrons. The van der Waals surface area contributed by atoms with E-state index in [4.69, 9.17) is 10.5 Å². The molecular weight excluding hydrogens is 342 g/mol. The zero-order chi connectivity index (χ0) is 17.6. The highest BCUT2D eigenvalue weighted by Gasteiger charge is 2.31. The second-order valence-corrected chi connectivity index (χ2v) is 8.11. The van der Waals surface area contributed by atoms with E-state index in [-0.39, 0.29) is 11.4 Å². The Bertz CT molecular complexity index is 931. The second kappa shape index (κ2) is 5.85. The Morgan fingerprint density at radius 2 is 2.08 bits per heavy atom. The molecule has 0 radical (unpaired) electrons. The van der Waals surface area contributed by atoms with Crippen LogP contribution in [0.1, 0.15) is 11.3 Å². The van der Waals surface area contributed by atoms with E-state index in [0.29, 0.717) is 36.8 Å². The third-order valence-corrected chi connectivity index (χ3v) is 6.51. The largest absolute Gasteiger partial charge is 0.490 e. The molecule has 4 rings (SSSR count). The summed E-state index contributed by atoms with van der Waals surface area (Å²) in [6.45, 7) is 1.87. The lowest BCUT2D eigenvalue weighted by molar-refractivity contribution is 0.310. The molecule has 2 aliphatic heterocycles. The van der Waals surface area contributed by atoms with Gasteiger partial charge in [0.15, 0.2) is 0 Å². The zero-order valence-electron chi connectivity index (χ0n) is 13.8. The first kappa shape index (κ1) is 16.1. The summed E-state index contributed by atoms with van der Waals surface area (Å²) in [7, 11) is -1.68. The molecule has 0 saturated heterocycles. The molecule has 1 aromatic carbocycles. The fourth-order valence-corrected chi connectivity index (χ4v) is 4.63. The van der Waals surface area contributed by atoms with Crippen LogP contribution >= 0.6 is 0 Å². The quantitative estimate of drug-likeness (QED) is 0.837. The van der Waals surface area contributed by atoms with Gasteiger partial charge >= 0.3 is 0 Å². The van der Waals surface area contributed by atoms with Gasteiger partial charge in [-0.1, -0.05) is 0 Å². The molecule has 2 aromatic rings. The molecule has 0 bridgehead atoms. The summed E-state index contributed by atoms with van der Waals surface area (Å²) in [6.07, 6.45) is 1.87. The number of anilines is 2. The number of nitrogen functional groups attached to an aromatic ring is 1. The molecule has 0 unspecified atom stereocenters. The summed E-state index contributed by atoms with van der Waals surface area (Å²) < 4.78 is 33.1. The first-order valence-electron chi connectivity index (χ1n) is 8.03. The summed E-state index contributed by atoms with van der Waals surface area (Å²) in [5, 5.41) is 0. The molecule has 0 saturated carbocycles. The highest BCUT2D eigenvalue weighted by molar-refractivity contribution is 7.89. The molecule has 9 heteroatoms. The number of nitrogens with zero attached hydrogens (tertiary/aromatic N) is 4. The molecule has 0 atom stereocenters. The van der Waals surface area contributed by atoms with Crippen molar-refractivity contribution >= 4 is 21.5 Å². The Balaban J connectivity index is 1.67. The lowest BCUT2D eigenvalue weighted by Crippen LogP contribution is -2.37. The van der Waals surface area contributed by atoms with Gasteiger partial charge in [0, 0.05) is 25.2 Å². The van der Waals surface area contributed by atoms with Crippen molar-refractivity contribution < 1.29 is 13.2 Å². The van der Waals surface area contributed by atoms with Gasteiger partial charge in [-0.05, 0) is 18.6 Å². The summed E-state index contributed by atoms with van der Waals surface area (Å²) in [6, 6.07) is 5.02. The maximum Gasteiger partial charge on any atom is 0.243 e. The molecule has 0 amide bonds. The third-order valence-electron chi connectivity index (χ3n) is 4.67. The number of hydrogen-bond donors (Lipinski definition) is 1. The lowest BCUT2D eigenvalue weighted by atomic mass is 10.1. The van der Waals surface area contributed by atoms with Crippen molar-refractivity contribution in [1.29, 1.82) is 0 Å². The molecule has 0 fully saturated rings. The van der Waals surface area contributed by atoms with Crippen LogP contribution in [-0.2, 0) is 23.0 Å². The van der Waals surface area contributed by atoms with E-state index in [1.807, 2.05) is 11.9 Å². The number of nitrogens with two attached hydrogens (primary N) is 1. The number of benzene rings is 1. The Morgan fingerprint density at radius 3 is 2.92 bits per heavy atom. The van der Waals surface area contributed by atoms with Crippen LogP contribution in [0.3, 0.4) is 0 Å². The van der Waals surface area contributed by atoms with Crippen molar-refractivity contribution in [3.63, 3.8) is 0 Å².